The summed E-state index contributed by atoms with van der Waals surface area (Å²) in [7, 11) is 1.81. The Morgan fingerprint density at radius 3 is 2.65 bits per heavy atom. The smallest absolute Gasteiger partial charge is 0.410 e. The van der Waals surface area contributed by atoms with Crippen molar-refractivity contribution in [3.63, 3.8) is 0 Å². The Hall–Kier alpha value is -1.40. The van der Waals surface area contributed by atoms with Crippen molar-refractivity contribution < 1.29 is 9.53 Å². The summed E-state index contributed by atoms with van der Waals surface area (Å²) in [4.78, 5) is 24.6. The maximum atomic E-state index is 12.1. The van der Waals surface area contributed by atoms with E-state index in [9.17, 15) is 4.79 Å². The number of carbonyl (C=O) groups excluding carboxylic acids is 1. The number of amides is 1. The van der Waals surface area contributed by atoms with Crippen molar-refractivity contribution in [1.29, 1.82) is 0 Å². The van der Waals surface area contributed by atoms with Crippen LogP contribution in [0.3, 0.4) is 0 Å². The van der Waals surface area contributed by atoms with Gasteiger partial charge in [-0.2, -0.15) is 0 Å². The van der Waals surface area contributed by atoms with Crippen LogP contribution in [0.15, 0.2) is 12.3 Å². The first-order valence-corrected chi connectivity index (χ1v) is 8.28. The average Bonchev–Trinajstić information content (AvgIpc) is 2.45. The molecule has 2 heterocycles. The molecule has 1 saturated heterocycles. The molecule has 1 aromatic rings. The molecule has 0 atom stereocenters. The van der Waals surface area contributed by atoms with Gasteiger partial charge in [0, 0.05) is 32.4 Å². The fourth-order valence-corrected chi connectivity index (χ4v) is 2.75. The molecule has 1 amide bonds. The van der Waals surface area contributed by atoms with E-state index in [0.29, 0.717) is 11.7 Å². The Labute approximate surface area is 142 Å². The van der Waals surface area contributed by atoms with E-state index in [2.05, 4.69) is 14.9 Å². The van der Waals surface area contributed by atoms with E-state index >= 15 is 0 Å². The van der Waals surface area contributed by atoms with Gasteiger partial charge in [-0.05, 0) is 39.7 Å². The lowest BCUT2D eigenvalue weighted by Crippen LogP contribution is -2.46. The van der Waals surface area contributed by atoms with Crippen LogP contribution >= 0.6 is 11.6 Å². The molecule has 0 N–H and O–H groups in total. The molecule has 0 radical (unpaired) electrons. The maximum absolute atomic E-state index is 12.1. The number of nitrogens with zero attached hydrogens (tertiary/aromatic N) is 4. The number of halogens is 1. The third-order valence-electron chi connectivity index (χ3n) is 3.82. The lowest BCUT2D eigenvalue weighted by molar-refractivity contribution is 0.0148. The quantitative estimate of drug-likeness (QED) is 0.792. The van der Waals surface area contributed by atoms with Crippen LogP contribution in [0.5, 0.6) is 0 Å². The lowest BCUT2D eigenvalue weighted by Gasteiger charge is -2.37. The third kappa shape index (κ3) is 5.62. The van der Waals surface area contributed by atoms with Crippen LogP contribution in [0.2, 0.25) is 5.15 Å². The van der Waals surface area contributed by atoms with Crippen molar-refractivity contribution in [2.45, 2.75) is 51.8 Å². The number of piperidine rings is 1. The zero-order valence-electron chi connectivity index (χ0n) is 14.3. The molecule has 6 nitrogen and oxygen atoms in total. The number of aromatic nitrogens is 2. The van der Waals surface area contributed by atoms with E-state index < -0.39 is 5.60 Å². The fraction of sp³-hybridized carbons (Fsp3) is 0.688. The zero-order valence-corrected chi connectivity index (χ0v) is 15.0. The Morgan fingerprint density at radius 2 is 2.09 bits per heavy atom. The molecule has 1 fully saturated rings. The SMILES string of the molecule is CN(C(=O)OC(C)(C)C)C1CCN(Cc2nccc(Cl)n2)CC1. The number of carbonyl (C=O) groups is 1. The Kier molecular flexibility index (Phi) is 5.81. The first kappa shape index (κ1) is 17.9. The van der Waals surface area contributed by atoms with Crippen LogP contribution in [0.4, 0.5) is 4.79 Å². The second-order valence-electron chi connectivity index (χ2n) is 6.89. The summed E-state index contributed by atoms with van der Waals surface area (Å²) in [5, 5.41) is 0.467. The molecule has 0 bridgehead atoms. The van der Waals surface area contributed by atoms with Crippen LogP contribution in [0.1, 0.15) is 39.4 Å². The third-order valence-corrected chi connectivity index (χ3v) is 4.03. The van der Waals surface area contributed by atoms with Crippen LogP contribution in [-0.2, 0) is 11.3 Å². The second kappa shape index (κ2) is 7.45. The van der Waals surface area contributed by atoms with E-state index in [4.69, 9.17) is 16.3 Å². The van der Waals surface area contributed by atoms with Gasteiger partial charge in [-0.3, -0.25) is 4.90 Å². The summed E-state index contributed by atoms with van der Waals surface area (Å²) >= 11 is 5.89. The summed E-state index contributed by atoms with van der Waals surface area (Å²) in [6.07, 6.45) is 3.24. The standard InChI is InChI=1S/C16H25ClN4O2/c1-16(2,3)23-15(22)20(4)12-6-9-21(10-7-12)11-14-18-8-5-13(17)19-14/h5,8,12H,6-7,9-11H2,1-4H3. The summed E-state index contributed by atoms with van der Waals surface area (Å²) in [5.74, 6) is 0.733. The minimum absolute atomic E-state index is 0.210. The first-order chi connectivity index (χ1) is 10.7. The highest BCUT2D eigenvalue weighted by Crippen LogP contribution is 2.19. The maximum Gasteiger partial charge on any atom is 0.410 e. The Morgan fingerprint density at radius 1 is 1.43 bits per heavy atom. The number of hydrogen-bond acceptors (Lipinski definition) is 5. The number of likely N-dealkylation sites (tertiary alicyclic amines) is 1. The van der Waals surface area contributed by atoms with E-state index in [0.717, 1.165) is 31.8 Å². The molecule has 2 rings (SSSR count). The van der Waals surface area contributed by atoms with Gasteiger partial charge in [0.2, 0.25) is 0 Å². The molecule has 0 spiro atoms. The summed E-state index contributed by atoms with van der Waals surface area (Å²) in [6.45, 7) is 8.12. The van der Waals surface area contributed by atoms with Gasteiger partial charge in [-0.15, -0.1) is 0 Å². The van der Waals surface area contributed by atoms with Crippen molar-refractivity contribution in [2.24, 2.45) is 0 Å². The minimum Gasteiger partial charge on any atom is -0.444 e. The topological polar surface area (TPSA) is 58.6 Å². The van der Waals surface area contributed by atoms with Crippen LogP contribution in [-0.4, -0.2) is 57.6 Å². The average molecular weight is 341 g/mol. The number of ether oxygens (including phenoxy) is 1. The molecular weight excluding hydrogens is 316 g/mol. The largest absolute Gasteiger partial charge is 0.444 e. The molecule has 23 heavy (non-hydrogen) atoms. The molecule has 0 unspecified atom stereocenters. The molecule has 1 aliphatic rings. The summed E-state index contributed by atoms with van der Waals surface area (Å²) in [5.41, 5.74) is -0.462. The molecule has 7 heteroatoms. The molecule has 0 aromatic carbocycles. The lowest BCUT2D eigenvalue weighted by atomic mass is 10.0. The van der Waals surface area contributed by atoms with Crippen molar-refractivity contribution >= 4 is 17.7 Å². The number of hydrogen-bond donors (Lipinski definition) is 0. The monoisotopic (exact) mass is 340 g/mol. The van der Waals surface area contributed by atoms with Gasteiger partial charge in [0.1, 0.15) is 16.6 Å². The van der Waals surface area contributed by atoms with Crippen molar-refractivity contribution in [3.8, 4) is 0 Å². The van der Waals surface area contributed by atoms with Crippen LogP contribution in [0.25, 0.3) is 0 Å². The summed E-state index contributed by atoms with van der Waals surface area (Å²) < 4.78 is 5.43. The molecule has 0 saturated carbocycles. The molecule has 1 aliphatic heterocycles. The van der Waals surface area contributed by atoms with Gasteiger partial charge in [0.05, 0.1) is 6.54 Å². The van der Waals surface area contributed by atoms with Gasteiger partial charge in [-0.25, -0.2) is 14.8 Å². The Bertz CT molecular complexity index is 539. The van der Waals surface area contributed by atoms with Gasteiger partial charge < -0.3 is 9.64 Å². The van der Waals surface area contributed by atoms with Crippen molar-refractivity contribution in [1.82, 2.24) is 19.8 Å². The number of rotatable bonds is 3. The first-order valence-electron chi connectivity index (χ1n) is 7.90. The predicted molar refractivity (Wildman–Crippen MR) is 89.3 cm³/mol. The highest BCUT2D eigenvalue weighted by atomic mass is 35.5. The van der Waals surface area contributed by atoms with Gasteiger partial charge in [0.15, 0.2) is 0 Å². The van der Waals surface area contributed by atoms with E-state index in [1.54, 1.807) is 17.2 Å². The minimum atomic E-state index is -0.462. The summed E-state index contributed by atoms with van der Waals surface area (Å²) in [6, 6.07) is 1.88. The molecular formula is C16H25ClN4O2. The zero-order chi connectivity index (χ0) is 17.0. The second-order valence-corrected chi connectivity index (χ2v) is 7.28. The fourth-order valence-electron chi connectivity index (χ4n) is 2.60. The van der Waals surface area contributed by atoms with Gasteiger partial charge in [0.25, 0.3) is 0 Å². The van der Waals surface area contributed by atoms with Gasteiger partial charge >= 0.3 is 6.09 Å². The molecule has 1 aromatic heterocycles. The highest BCUT2D eigenvalue weighted by molar-refractivity contribution is 6.29. The predicted octanol–water partition coefficient (Wildman–Crippen LogP) is 2.96. The van der Waals surface area contributed by atoms with E-state index in [1.165, 1.54) is 0 Å². The van der Waals surface area contributed by atoms with Crippen molar-refractivity contribution in [2.75, 3.05) is 20.1 Å². The van der Waals surface area contributed by atoms with E-state index in [1.807, 2.05) is 27.8 Å². The molecule has 128 valence electrons. The normalized spacial score (nSPS) is 17.1. The van der Waals surface area contributed by atoms with Crippen molar-refractivity contribution in [3.05, 3.63) is 23.2 Å². The van der Waals surface area contributed by atoms with Crippen LogP contribution in [0, 0.1) is 0 Å². The van der Waals surface area contributed by atoms with Gasteiger partial charge in [-0.1, -0.05) is 11.6 Å². The highest BCUT2D eigenvalue weighted by Gasteiger charge is 2.28. The van der Waals surface area contributed by atoms with Crippen LogP contribution < -0.4 is 0 Å². The Balaban J connectivity index is 1.82. The van der Waals surface area contributed by atoms with E-state index in [-0.39, 0.29) is 12.1 Å². The molecule has 0 aliphatic carbocycles.